The summed E-state index contributed by atoms with van der Waals surface area (Å²) in [5.74, 6) is -0.512. The van der Waals surface area contributed by atoms with Gasteiger partial charge in [0.1, 0.15) is 0 Å². The number of rotatable bonds is 4. The minimum Gasteiger partial charge on any atom is -0.393 e. The summed E-state index contributed by atoms with van der Waals surface area (Å²) in [5, 5.41) is -0.107. The van der Waals surface area contributed by atoms with Gasteiger partial charge in [-0.15, -0.1) is 0 Å². The predicted octanol–water partition coefficient (Wildman–Crippen LogP) is 3.49. The lowest BCUT2D eigenvalue weighted by Crippen LogP contribution is -2.17. The maximum atomic E-state index is 12.9. The van der Waals surface area contributed by atoms with E-state index in [9.17, 15) is 8.42 Å². The second-order valence-corrected chi connectivity index (χ2v) is 8.84. The van der Waals surface area contributed by atoms with E-state index >= 15 is 0 Å². The van der Waals surface area contributed by atoms with Crippen LogP contribution in [0.5, 0.6) is 0 Å². The molecule has 1 aliphatic rings. The van der Waals surface area contributed by atoms with E-state index in [1.807, 2.05) is 31.2 Å². The monoisotopic (exact) mass is 365 g/mol. The van der Waals surface area contributed by atoms with Crippen molar-refractivity contribution < 1.29 is 8.42 Å². The molecule has 3 atom stereocenters. The molecule has 0 radical (unpaired) electrons. The number of nitrogens with two attached hydrogens (primary N) is 1. The van der Waals surface area contributed by atoms with Crippen LogP contribution in [0.4, 0.5) is 0 Å². The highest BCUT2D eigenvalue weighted by atomic mass is 35.5. The highest BCUT2D eigenvalue weighted by Gasteiger charge is 2.60. The topological polar surface area (TPSA) is 60.2 Å². The molecule has 0 bridgehead atoms. The maximum Gasteiger partial charge on any atom is 0.182 e. The van der Waals surface area contributed by atoms with Gasteiger partial charge in [0.2, 0.25) is 0 Å². The SMILES string of the molecule is Cc1ccc(C2C(C(N)=S)C2S(=O)(=O)c2ccc(Cl)cc2)cc1. The van der Waals surface area contributed by atoms with E-state index in [4.69, 9.17) is 29.6 Å². The zero-order chi connectivity index (χ0) is 16.8. The van der Waals surface area contributed by atoms with Gasteiger partial charge < -0.3 is 5.73 Å². The van der Waals surface area contributed by atoms with Crippen molar-refractivity contribution in [3.63, 3.8) is 0 Å². The van der Waals surface area contributed by atoms with Crippen molar-refractivity contribution in [3.05, 3.63) is 64.7 Å². The third-order valence-electron chi connectivity index (χ3n) is 4.25. The lowest BCUT2D eigenvalue weighted by Gasteiger charge is -2.05. The Morgan fingerprint density at radius 2 is 1.65 bits per heavy atom. The largest absolute Gasteiger partial charge is 0.393 e. The summed E-state index contributed by atoms with van der Waals surface area (Å²) in [6.07, 6.45) is 0. The van der Waals surface area contributed by atoms with Crippen molar-refractivity contribution in [2.24, 2.45) is 11.7 Å². The van der Waals surface area contributed by atoms with Crippen molar-refractivity contribution in [1.82, 2.24) is 0 Å². The molecule has 1 fully saturated rings. The van der Waals surface area contributed by atoms with Crippen LogP contribution in [0.1, 0.15) is 17.0 Å². The number of hydrogen-bond donors (Lipinski definition) is 1. The molecule has 0 spiro atoms. The summed E-state index contributed by atoms with van der Waals surface area (Å²) in [6, 6.07) is 14.0. The van der Waals surface area contributed by atoms with Crippen LogP contribution in [0, 0.1) is 12.8 Å². The lowest BCUT2D eigenvalue weighted by atomic mass is 10.1. The molecule has 6 heteroatoms. The second-order valence-electron chi connectivity index (χ2n) is 5.83. The number of aryl methyl sites for hydroxylation is 1. The first-order valence-corrected chi connectivity index (χ1v) is 9.51. The van der Waals surface area contributed by atoms with Crippen molar-refractivity contribution in [3.8, 4) is 0 Å². The van der Waals surface area contributed by atoms with E-state index in [1.165, 1.54) is 12.1 Å². The van der Waals surface area contributed by atoms with Crippen molar-refractivity contribution in [2.75, 3.05) is 0 Å². The van der Waals surface area contributed by atoms with Crippen molar-refractivity contribution >= 4 is 38.6 Å². The first kappa shape index (κ1) is 16.4. The molecule has 1 aliphatic carbocycles. The zero-order valence-electron chi connectivity index (χ0n) is 12.4. The highest BCUT2D eigenvalue weighted by molar-refractivity contribution is 7.92. The Kier molecular flexibility index (Phi) is 4.21. The standard InChI is InChI=1S/C17H16ClNO2S2/c1-10-2-4-11(5-3-10)14-15(17(19)22)16(14)23(20,21)13-8-6-12(18)7-9-13/h2-9,14-16H,1H3,(H2,19,22). The Bertz CT molecular complexity index is 845. The Morgan fingerprint density at radius 1 is 1.09 bits per heavy atom. The van der Waals surface area contributed by atoms with Gasteiger partial charge in [0.05, 0.1) is 15.1 Å². The van der Waals surface area contributed by atoms with Gasteiger partial charge in [0.25, 0.3) is 0 Å². The van der Waals surface area contributed by atoms with E-state index in [0.717, 1.165) is 11.1 Å². The molecule has 2 aromatic rings. The third-order valence-corrected chi connectivity index (χ3v) is 7.00. The smallest absolute Gasteiger partial charge is 0.182 e. The first-order chi connectivity index (χ1) is 10.8. The van der Waals surface area contributed by atoms with Gasteiger partial charge in [0.15, 0.2) is 9.84 Å². The number of thiocarbonyl (C=S) groups is 1. The zero-order valence-corrected chi connectivity index (χ0v) is 14.8. The molecular weight excluding hydrogens is 350 g/mol. The predicted molar refractivity (Wildman–Crippen MR) is 96.6 cm³/mol. The molecule has 1 saturated carbocycles. The van der Waals surface area contributed by atoms with Crippen molar-refractivity contribution in [2.45, 2.75) is 23.0 Å². The summed E-state index contributed by atoms with van der Waals surface area (Å²) in [7, 11) is -3.51. The maximum absolute atomic E-state index is 12.9. The second kappa shape index (κ2) is 5.89. The van der Waals surface area contributed by atoms with Crippen LogP contribution < -0.4 is 5.73 Å². The minimum atomic E-state index is -3.51. The molecule has 0 aromatic heterocycles. The van der Waals surface area contributed by atoms with E-state index in [0.29, 0.717) is 5.02 Å². The van der Waals surface area contributed by atoms with Crippen LogP contribution >= 0.6 is 23.8 Å². The Morgan fingerprint density at radius 3 is 2.17 bits per heavy atom. The van der Waals surface area contributed by atoms with Crippen LogP contribution in [0.15, 0.2) is 53.4 Å². The van der Waals surface area contributed by atoms with Gasteiger partial charge in [0, 0.05) is 16.9 Å². The van der Waals surface area contributed by atoms with Gasteiger partial charge in [-0.25, -0.2) is 8.42 Å². The molecule has 23 heavy (non-hydrogen) atoms. The van der Waals surface area contributed by atoms with E-state index < -0.39 is 15.1 Å². The van der Waals surface area contributed by atoms with Crippen LogP contribution in [0.25, 0.3) is 0 Å². The normalized spacial score (nSPS) is 23.5. The summed E-state index contributed by atoms with van der Waals surface area (Å²) >= 11 is 10.9. The molecule has 0 saturated heterocycles. The molecule has 3 nitrogen and oxygen atoms in total. The van der Waals surface area contributed by atoms with E-state index in [2.05, 4.69) is 0 Å². The number of hydrogen-bond acceptors (Lipinski definition) is 3. The van der Waals surface area contributed by atoms with Gasteiger partial charge in [-0.05, 0) is 36.8 Å². The molecule has 3 unspecified atom stereocenters. The van der Waals surface area contributed by atoms with Crippen LogP contribution in [0.3, 0.4) is 0 Å². The Balaban J connectivity index is 1.98. The molecule has 3 rings (SSSR count). The van der Waals surface area contributed by atoms with Gasteiger partial charge in [-0.2, -0.15) is 0 Å². The summed E-state index contributed by atoms with van der Waals surface area (Å²) in [4.78, 5) is 0.501. The van der Waals surface area contributed by atoms with Gasteiger partial charge >= 0.3 is 0 Å². The Labute approximate surface area is 146 Å². The fourth-order valence-electron chi connectivity index (χ4n) is 2.98. The average molecular weight is 366 g/mol. The lowest BCUT2D eigenvalue weighted by molar-refractivity contribution is 0.593. The number of benzene rings is 2. The van der Waals surface area contributed by atoms with E-state index in [1.54, 1.807) is 12.1 Å². The molecular formula is C17H16ClNO2S2. The molecule has 2 N–H and O–H groups in total. The molecule has 0 heterocycles. The van der Waals surface area contributed by atoms with Gasteiger partial charge in [-0.3, -0.25) is 0 Å². The highest BCUT2D eigenvalue weighted by Crippen LogP contribution is 2.54. The minimum absolute atomic E-state index is 0.186. The summed E-state index contributed by atoms with van der Waals surface area (Å²) in [6.45, 7) is 1.99. The number of sulfone groups is 1. The quantitative estimate of drug-likeness (QED) is 0.842. The Hall–Kier alpha value is -1.43. The summed E-state index contributed by atoms with van der Waals surface area (Å²) in [5.41, 5.74) is 7.87. The molecule has 120 valence electrons. The van der Waals surface area contributed by atoms with E-state index in [-0.39, 0.29) is 21.7 Å². The molecule has 0 aliphatic heterocycles. The average Bonchev–Trinajstić information content (AvgIpc) is 3.25. The fourth-order valence-corrected chi connectivity index (χ4v) is 5.63. The molecule has 2 aromatic carbocycles. The third kappa shape index (κ3) is 3.01. The number of halogens is 1. The molecule has 0 amide bonds. The first-order valence-electron chi connectivity index (χ1n) is 7.18. The van der Waals surface area contributed by atoms with Crippen LogP contribution in [0.2, 0.25) is 5.02 Å². The van der Waals surface area contributed by atoms with Crippen LogP contribution in [-0.2, 0) is 9.84 Å². The summed E-state index contributed by atoms with van der Waals surface area (Å²) < 4.78 is 25.8. The van der Waals surface area contributed by atoms with Crippen LogP contribution in [-0.4, -0.2) is 18.7 Å². The van der Waals surface area contributed by atoms with Crippen molar-refractivity contribution in [1.29, 1.82) is 0 Å². The van der Waals surface area contributed by atoms with Gasteiger partial charge in [-0.1, -0.05) is 53.6 Å². The fraction of sp³-hybridized carbons (Fsp3) is 0.235.